The van der Waals surface area contributed by atoms with Crippen LogP contribution in [0.4, 0.5) is 0 Å². The number of sulfonamides is 1. The fourth-order valence-corrected chi connectivity index (χ4v) is 3.35. The number of carbonyl (C=O) groups is 1. The molecule has 0 saturated heterocycles. The molecule has 7 heteroatoms. The molecule has 0 unspecified atom stereocenters. The van der Waals surface area contributed by atoms with E-state index in [0.717, 1.165) is 0 Å². The molecule has 0 bridgehead atoms. The summed E-state index contributed by atoms with van der Waals surface area (Å²) in [6.07, 6.45) is -0.00139. The minimum atomic E-state index is -3.50. The van der Waals surface area contributed by atoms with Gasteiger partial charge < -0.3 is 5.11 Å². The lowest BCUT2D eigenvalue weighted by molar-refractivity contribution is -0.136. The van der Waals surface area contributed by atoms with Crippen LogP contribution in [0.3, 0.4) is 0 Å². The third-order valence-electron chi connectivity index (χ3n) is 1.98. The van der Waals surface area contributed by atoms with Crippen LogP contribution in [0.2, 0.25) is 0 Å². The van der Waals surface area contributed by atoms with E-state index in [-0.39, 0.29) is 11.3 Å². The average Bonchev–Trinajstić information content (AvgIpc) is 2.29. The molecule has 0 aliphatic rings. The lowest BCUT2D eigenvalue weighted by Crippen LogP contribution is -2.19. The Balaban J connectivity index is 2.89. The summed E-state index contributed by atoms with van der Waals surface area (Å²) < 4.78 is 25.6. The summed E-state index contributed by atoms with van der Waals surface area (Å²) in [6.45, 7) is 0. The highest BCUT2D eigenvalue weighted by Crippen LogP contribution is 2.26. The summed E-state index contributed by atoms with van der Waals surface area (Å²) >= 11 is 1.22. The van der Waals surface area contributed by atoms with Crippen molar-refractivity contribution in [3.8, 4) is 0 Å². The smallest absolute Gasteiger partial charge is 0.304 e. The zero-order chi connectivity index (χ0) is 12.9. The maximum absolute atomic E-state index is 11.7. The van der Waals surface area contributed by atoms with Crippen molar-refractivity contribution in [1.82, 2.24) is 4.72 Å². The number of nitrogens with one attached hydrogen (secondary N) is 1. The summed E-state index contributed by atoms with van der Waals surface area (Å²) in [5.74, 6) is -0.558. The van der Waals surface area contributed by atoms with Gasteiger partial charge in [0, 0.05) is 10.6 Å². The van der Waals surface area contributed by atoms with E-state index >= 15 is 0 Å². The quantitative estimate of drug-likeness (QED) is 0.761. The zero-order valence-corrected chi connectivity index (χ0v) is 10.8. The van der Waals surface area contributed by atoms with Crippen molar-refractivity contribution in [2.45, 2.75) is 16.2 Å². The Morgan fingerprint density at radius 3 is 2.65 bits per heavy atom. The van der Waals surface area contributed by atoms with Gasteiger partial charge in [-0.3, -0.25) is 4.79 Å². The van der Waals surface area contributed by atoms with Crippen LogP contribution in [0, 0.1) is 0 Å². The maximum Gasteiger partial charge on any atom is 0.304 e. The summed E-state index contributed by atoms with van der Waals surface area (Å²) in [6, 6.07) is 6.51. The Bertz CT molecular complexity index is 499. The number of carboxylic acids is 1. The number of thioether (sulfide) groups is 1. The first-order chi connectivity index (χ1) is 7.97. The number of hydrogen-bond donors (Lipinski definition) is 2. The summed E-state index contributed by atoms with van der Waals surface area (Å²) in [5, 5.41) is 8.52. The van der Waals surface area contributed by atoms with Crippen molar-refractivity contribution in [2.75, 3.05) is 12.8 Å². The molecule has 1 aromatic carbocycles. The van der Waals surface area contributed by atoms with Crippen molar-refractivity contribution >= 4 is 27.8 Å². The van der Waals surface area contributed by atoms with Crippen LogP contribution in [0.1, 0.15) is 6.42 Å². The van der Waals surface area contributed by atoms with Crippen LogP contribution in [0.25, 0.3) is 0 Å². The van der Waals surface area contributed by atoms with E-state index in [4.69, 9.17) is 5.11 Å². The van der Waals surface area contributed by atoms with E-state index in [2.05, 4.69) is 4.72 Å². The Labute approximate surface area is 104 Å². The van der Waals surface area contributed by atoms with Gasteiger partial charge in [0.15, 0.2) is 0 Å². The molecule has 0 aromatic heterocycles. The summed E-state index contributed by atoms with van der Waals surface area (Å²) in [7, 11) is -2.16. The van der Waals surface area contributed by atoms with Gasteiger partial charge in [0.1, 0.15) is 0 Å². The standard InChI is InChI=1S/C10H13NO4S2/c1-11-17(14,15)9-5-3-2-4-8(9)16-7-6-10(12)13/h2-5,11H,6-7H2,1H3,(H,12,13). The van der Waals surface area contributed by atoms with Crippen molar-refractivity contribution in [3.63, 3.8) is 0 Å². The van der Waals surface area contributed by atoms with E-state index in [0.29, 0.717) is 10.6 Å². The lowest BCUT2D eigenvalue weighted by Gasteiger charge is -2.08. The Morgan fingerprint density at radius 1 is 1.41 bits per heavy atom. The third-order valence-corrected chi connectivity index (χ3v) is 4.66. The predicted octanol–water partition coefficient (Wildman–Crippen LogP) is 1.16. The second kappa shape index (κ2) is 6.04. The van der Waals surface area contributed by atoms with Gasteiger partial charge in [-0.1, -0.05) is 12.1 Å². The molecular weight excluding hydrogens is 262 g/mol. The molecule has 17 heavy (non-hydrogen) atoms. The molecule has 0 aliphatic carbocycles. The Hall–Kier alpha value is -1.05. The van der Waals surface area contributed by atoms with Gasteiger partial charge in [-0.05, 0) is 19.2 Å². The molecule has 0 amide bonds. The highest BCUT2D eigenvalue weighted by Gasteiger charge is 2.16. The lowest BCUT2D eigenvalue weighted by atomic mass is 10.4. The molecule has 0 atom stereocenters. The van der Waals surface area contributed by atoms with Crippen LogP contribution < -0.4 is 4.72 Å². The first kappa shape index (κ1) is 14.0. The zero-order valence-electron chi connectivity index (χ0n) is 9.21. The van der Waals surface area contributed by atoms with E-state index in [1.165, 1.54) is 24.9 Å². The van der Waals surface area contributed by atoms with E-state index < -0.39 is 16.0 Å². The van der Waals surface area contributed by atoms with Gasteiger partial charge in [0.25, 0.3) is 0 Å². The van der Waals surface area contributed by atoms with Crippen LogP contribution >= 0.6 is 11.8 Å². The first-order valence-electron chi connectivity index (χ1n) is 4.84. The number of aliphatic carboxylic acids is 1. The second-order valence-electron chi connectivity index (χ2n) is 3.15. The Morgan fingerprint density at radius 2 is 2.06 bits per heavy atom. The minimum absolute atomic E-state index is 0.00139. The molecule has 1 rings (SSSR count). The number of rotatable bonds is 6. The maximum atomic E-state index is 11.7. The highest BCUT2D eigenvalue weighted by atomic mass is 32.2. The molecule has 0 spiro atoms. The van der Waals surface area contributed by atoms with Gasteiger partial charge >= 0.3 is 5.97 Å². The van der Waals surface area contributed by atoms with Gasteiger partial charge in [-0.2, -0.15) is 0 Å². The molecule has 0 fully saturated rings. The average molecular weight is 275 g/mol. The van der Waals surface area contributed by atoms with Crippen LogP contribution in [-0.2, 0) is 14.8 Å². The summed E-state index contributed by atoms with van der Waals surface area (Å²) in [5.41, 5.74) is 0. The molecule has 5 nitrogen and oxygen atoms in total. The van der Waals surface area contributed by atoms with Crippen LogP contribution in [-0.4, -0.2) is 32.3 Å². The van der Waals surface area contributed by atoms with Gasteiger partial charge in [-0.15, -0.1) is 11.8 Å². The third kappa shape index (κ3) is 4.03. The highest BCUT2D eigenvalue weighted by molar-refractivity contribution is 8.00. The molecule has 1 aromatic rings. The molecule has 0 radical (unpaired) electrons. The second-order valence-corrected chi connectivity index (χ2v) is 6.14. The van der Waals surface area contributed by atoms with Crippen LogP contribution in [0.5, 0.6) is 0 Å². The van der Waals surface area contributed by atoms with Crippen molar-refractivity contribution in [1.29, 1.82) is 0 Å². The van der Waals surface area contributed by atoms with Crippen LogP contribution in [0.15, 0.2) is 34.1 Å². The van der Waals surface area contributed by atoms with Gasteiger partial charge in [-0.25, -0.2) is 13.1 Å². The SMILES string of the molecule is CNS(=O)(=O)c1ccccc1SCCC(=O)O. The monoisotopic (exact) mass is 275 g/mol. The number of carboxylic acid groups (broad SMARTS) is 1. The van der Waals surface area contributed by atoms with Crippen molar-refractivity contribution in [3.05, 3.63) is 24.3 Å². The van der Waals surface area contributed by atoms with Gasteiger partial charge in [0.2, 0.25) is 10.0 Å². The summed E-state index contributed by atoms with van der Waals surface area (Å²) in [4.78, 5) is 11.1. The first-order valence-corrected chi connectivity index (χ1v) is 7.31. The molecule has 0 aliphatic heterocycles. The van der Waals surface area contributed by atoms with E-state index in [1.54, 1.807) is 18.2 Å². The molecule has 0 saturated carbocycles. The minimum Gasteiger partial charge on any atom is -0.481 e. The normalized spacial score (nSPS) is 11.4. The fraction of sp³-hybridized carbons (Fsp3) is 0.300. The van der Waals surface area contributed by atoms with E-state index in [9.17, 15) is 13.2 Å². The number of benzene rings is 1. The molecule has 94 valence electrons. The topological polar surface area (TPSA) is 83.5 Å². The largest absolute Gasteiger partial charge is 0.481 e. The van der Waals surface area contributed by atoms with Gasteiger partial charge in [0.05, 0.1) is 11.3 Å². The molecule has 0 heterocycles. The van der Waals surface area contributed by atoms with E-state index in [1.807, 2.05) is 0 Å². The molecule has 2 N–H and O–H groups in total. The predicted molar refractivity (Wildman–Crippen MR) is 65.7 cm³/mol. The Kier molecular flexibility index (Phi) is 4.98. The fourth-order valence-electron chi connectivity index (χ4n) is 1.15. The van der Waals surface area contributed by atoms with Crippen molar-refractivity contribution in [2.24, 2.45) is 0 Å². The van der Waals surface area contributed by atoms with Crippen molar-refractivity contribution < 1.29 is 18.3 Å². The molecular formula is C10H13NO4S2. The number of hydrogen-bond acceptors (Lipinski definition) is 4.